The molecule has 0 aliphatic carbocycles. The van der Waals surface area contributed by atoms with E-state index in [-0.39, 0.29) is 18.8 Å². The number of carboxylic acids is 3. The van der Waals surface area contributed by atoms with Crippen molar-refractivity contribution in [1.82, 2.24) is 16.0 Å². The average Bonchev–Trinajstić information content (AvgIpc) is 2.66. The molecule has 0 radical (unpaired) electrons. The van der Waals surface area contributed by atoms with Gasteiger partial charge in [-0.05, 0) is 32.1 Å². The quantitative estimate of drug-likeness (QED) is 0.152. The SMILES string of the molecule is CC(C)CC(N)C(=O)NC(CCC(=O)O)C(=O)NC(C)C(=O)NC(CCC(=O)O)C(=O)O. The number of nitrogens with one attached hydrogen (secondary N) is 3. The highest BCUT2D eigenvalue weighted by Gasteiger charge is 2.29. The highest BCUT2D eigenvalue weighted by molar-refractivity contribution is 5.94. The van der Waals surface area contributed by atoms with E-state index in [1.165, 1.54) is 6.92 Å². The molecule has 182 valence electrons. The third-order valence-corrected chi connectivity index (χ3v) is 4.36. The Balaban J connectivity index is 5.12. The van der Waals surface area contributed by atoms with Crippen molar-refractivity contribution in [3.63, 3.8) is 0 Å². The molecular formula is C19H32N4O9. The van der Waals surface area contributed by atoms with Crippen LogP contribution in [0.5, 0.6) is 0 Å². The predicted octanol–water partition coefficient (Wildman–Crippen LogP) is -1.35. The van der Waals surface area contributed by atoms with E-state index >= 15 is 0 Å². The largest absolute Gasteiger partial charge is 0.481 e. The van der Waals surface area contributed by atoms with Crippen molar-refractivity contribution in [2.75, 3.05) is 0 Å². The Labute approximate surface area is 185 Å². The fraction of sp³-hybridized carbons (Fsp3) is 0.684. The second kappa shape index (κ2) is 14.0. The number of carbonyl (C=O) groups is 6. The Morgan fingerprint density at radius 3 is 1.62 bits per heavy atom. The first kappa shape index (κ1) is 28.8. The van der Waals surface area contributed by atoms with Crippen LogP contribution in [0.4, 0.5) is 0 Å². The molecule has 32 heavy (non-hydrogen) atoms. The fourth-order valence-electron chi connectivity index (χ4n) is 2.63. The van der Waals surface area contributed by atoms with Crippen LogP contribution in [0.15, 0.2) is 0 Å². The molecular weight excluding hydrogens is 428 g/mol. The minimum atomic E-state index is -1.48. The van der Waals surface area contributed by atoms with Gasteiger partial charge < -0.3 is 37.0 Å². The third-order valence-electron chi connectivity index (χ3n) is 4.36. The summed E-state index contributed by atoms with van der Waals surface area (Å²) in [6.45, 7) is 4.95. The van der Waals surface area contributed by atoms with Gasteiger partial charge in [0.25, 0.3) is 0 Å². The Morgan fingerprint density at radius 2 is 1.19 bits per heavy atom. The van der Waals surface area contributed by atoms with E-state index in [9.17, 15) is 28.8 Å². The number of nitrogens with two attached hydrogens (primary N) is 1. The van der Waals surface area contributed by atoms with Crippen LogP contribution in [0.2, 0.25) is 0 Å². The van der Waals surface area contributed by atoms with Gasteiger partial charge in [-0.25, -0.2) is 4.79 Å². The zero-order chi connectivity index (χ0) is 25.0. The number of hydrogen-bond acceptors (Lipinski definition) is 7. The first-order valence-corrected chi connectivity index (χ1v) is 10.1. The van der Waals surface area contributed by atoms with Gasteiger partial charge in [-0.1, -0.05) is 13.8 Å². The zero-order valence-corrected chi connectivity index (χ0v) is 18.3. The molecule has 0 fully saturated rings. The number of amides is 3. The first-order chi connectivity index (χ1) is 14.7. The summed E-state index contributed by atoms with van der Waals surface area (Å²) in [6, 6.07) is -4.92. The zero-order valence-electron chi connectivity index (χ0n) is 18.3. The van der Waals surface area contributed by atoms with E-state index in [0.717, 1.165) is 0 Å². The minimum Gasteiger partial charge on any atom is -0.481 e. The van der Waals surface area contributed by atoms with E-state index in [1.54, 1.807) is 0 Å². The van der Waals surface area contributed by atoms with Gasteiger partial charge in [-0.2, -0.15) is 0 Å². The van der Waals surface area contributed by atoms with Gasteiger partial charge >= 0.3 is 17.9 Å². The van der Waals surface area contributed by atoms with E-state index in [1.807, 2.05) is 13.8 Å². The maximum atomic E-state index is 12.6. The molecule has 0 saturated heterocycles. The topological polar surface area (TPSA) is 225 Å². The van der Waals surface area contributed by atoms with Gasteiger partial charge in [0.1, 0.15) is 18.1 Å². The van der Waals surface area contributed by atoms with Crippen molar-refractivity contribution in [2.24, 2.45) is 11.7 Å². The molecule has 0 saturated carbocycles. The van der Waals surface area contributed by atoms with E-state index in [4.69, 9.17) is 21.1 Å². The Kier molecular flexibility index (Phi) is 12.6. The Morgan fingerprint density at radius 1 is 0.719 bits per heavy atom. The lowest BCUT2D eigenvalue weighted by atomic mass is 10.0. The molecule has 3 amide bonds. The second-order valence-corrected chi connectivity index (χ2v) is 7.79. The fourth-order valence-corrected chi connectivity index (χ4v) is 2.63. The molecule has 0 spiro atoms. The van der Waals surface area contributed by atoms with Gasteiger partial charge in [0.2, 0.25) is 17.7 Å². The summed E-state index contributed by atoms with van der Waals surface area (Å²) < 4.78 is 0. The normalized spacial score (nSPS) is 14.5. The molecule has 4 unspecified atom stereocenters. The van der Waals surface area contributed by atoms with Crippen LogP contribution in [-0.2, 0) is 28.8 Å². The summed E-state index contributed by atoms with van der Waals surface area (Å²) in [7, 11) is 0. The smallest absolute Gasteiger partial charge is 0.326 e. The van der Waals surface area contributed by atoms with Gasteiger partial charge in [0.05, 0.1) is 6.04 Å². The molecule has 0 aliphatic heterocycles. The highest BCUT2D eigenvalue weighted by atomic mass is 16.4. The van der Waals surface area contributed by atoms with Crippen molar-refractivity contribution in [3.05, 3.63) is 0 Å². The first-order valence-electron chi connectivity index (χ1n) is 10.1. The number of hydrogen-bond donors (Lipinski definition) is 7. The molecule has 0 aliphatic rings. The number of rotatable bonds is 15. The molecule has 4 atom stereocenters. The van der Waals surface area contributed by atoms with Crippen LogP contribution in [0, 0.1) is 5.92 Å². The molecule has 0 aromatic heterocycles. The van der Waals surface area contributed by atoms with Gasteiger partial charge in [0, 0.05) is 12.8 Å². The lowest BCUT2D eigenvalue weighted by Crippen LogP contribution is -2.56. The molecule has 8 N–H and O–H groups in total. The van der Waals surface area contributed by atoms with Crippen molar-refractivity contribution >= 4 is 35.6 Å². The van der Waals surface area contributed by atoms with Crippen LogP contribution >= 0.6 is 0 Å². The minimum absolute atomic E-state index is 0.106. The van der Waals surface area contributed by atoms with Crippen LogP contribution in [0.1, 0.15) is 52.9 Å². The van der Waals surface area contributed by atoms with Crippen LogP contribution in [-0.4, -0.2) is 75.1 Å². The summed E-state index contributed by atoms with van der Waals surface area (Å²) in [5, 5.41) is 33.5. The summed E-state index contributed by atoms with van der Waals surface area (Å²) >= 11 is 0. The van der Waals surface area contributed by atoms with E-state index < -0.39 is 72.6 Å². The summed E-state index contributed by atoms with van der Waals surface area (Å²) in [6.07, 6.45) is -1.20. The summed E-state index contributed by atoms with van der Waals surface area (Å²) in [5.41, 5.74) is 5.78. The highest BCUT2D eigenvalue weighted by Crippen LogP contribution is 2.05. The summed E-state index contributed by atoms with van der Waals surface area (Å²) in [5.74, 6) is -6.16. The maximum absolute atomic E-state index is 12.6. The maximum Gasteiger partial charge on any atom is 0.326 e. The number of carbonyl (C=O) groups excluding carboxylic acids is 3. The van der Waals surface area contributed by atoms with Gasteiger partial charge in [0.15, 0.2) is 0 Å². The van der Waals surface area contributed by atoms with Gasteiger partial charge in [-0.3, -0.25) is 24.0 Å². The molecule has 13 nitrogen and oxygen atoms in total. The Hall–Kier alpha value is -3.22. The molecule has 0 bridgehead atoms. The lowest BCUT2D eigenvalue weighted by molar-refractivity contribution is -0.143. The van der Waals surface area contributed by atoms with Crippen LogP contribution in [0.3, 0.4) is 0 Å². The Bertz CT molecular complexity index is 711. The molecule has 0 aromatic rings. The standard InChI is InChI=1S/C19H32N4O9/c1-9(2)8-11(20)17(29)22-12(4-6-14(24)25)18(30)21-10(3)16(28)23-13(19(31)32)5-7-15(26)27/h9-13H,4-8,20H2,1-3H3,(H,21,30)(H,22,29)(H,23,28)(H,24,25)(H,26,27)(H,31,32). The van der Waals surface area contributed by atoms with Crippen molar-refractivity contribution in [2.45, 2.75) is 77.0 Å². The molecule has 0 heterocycles. The second-order valence-electron chi connectivity index (χ2n) is 7.79. The lowest BCUT2D eigenvalue weighted by Gasteiger charge is -2.23. The van der Waals surface area contributed by atoms with Crippen molar-refractivity contribution in [3.8, 4) is 0 Å². The number of aliphatic carboxylic acids is 3. The molecule has 0 rings (SSSR count). The van der Waals surface area contributed by atoms with E-state index in [2.05, 4.69) is 16.0 Å². The van der Waals surface area contributed by atoms with Gasteiger partial charge in [-0.15, -0.1) is 0 Å². The van der Waals surface area contributed by atoms with Crippen LogP contribution < -0.4 is 21.7 Å². The summed E-state index contributed by atoms with van der Waals surface area (Å²) in [4.78, 5) is 69.8. The predicted molar refractivity (Wildman–Crippen MR) is 110 cm³/mol. The monoisotopic (exact) mass is 460 g/mol. The number of carboxylic acid groups (broad SMARTS) is 3. The third kappa shape index (κ3) is 11.8. The average molecular weight is 460 g/mol. The molecule has 0 aromatic carbocycles. The van der Waals surface area contributed by atoms with Crippen molar-refractivity contribution in [1.29, 1.82) is 0 Å². The molecule has 13 heteroatoms. The van der Waals surface area contributed by atoms with Crippen molar-refractivity contribution < 1.29 is 44.1 Å². The van der Waals surface area contributed by atoms with Crippen LogP contribution in [0.25, 0.3) is 0 Å². The van der Waals surface area contributed by atoms with E-state index in [0.29, 0.717) is 6.42 Å².